The zero-order valence-corrected chi connectivity index (χ0v) is 17.5. The number of rotatable bonds is 5. The van der Waals surface area contributed by atoms with Gasteiger partial charge in [0.1, 0.15) is 10.6 Å². The Morgan fingerprint density at radius 1 is 1.36 bits per heavy atom. The Labute approximate surface area is 171 Å². The van der Waals surface area contributed by atoms with Crippen molar-refractivity contribution in [1.82, 2.24) is 9.55 Å². The lowest BCUT2D eigenvalue weighted by Crippen LogP contribution is -2.23. The SMILES string of the molecule is CCn1c(SCC(=O)c2ccc(O)cc2)nc2sc3c(c2c1=O)CC[C@H](C)C3. The first-order valence-corrected chi connectivity index (χ1v) is 11.3. The molecule has 0 saturated carbocycles. The predicted octanol–water partition coefficient (Wildman–Crippen LogP) is 4.28. The Kier molecular flexibility index (Phi) is 5.29. The molecule has 1 atom stereocenters. The highest BCUT2D eigenvalue weighted by atomic mass is 32.2. The van der Waals surface area contributed by atoms with E-state index in [1.165, 1.54) is 34.3 Å². The molecule has 5 nitrogen and oxygen atoms in total. The van der Waals surface area contributed by atoms with Crippen molar-refractivity contribution in [3.63, 3.8) is 0 Å². The largest absolute Gasteiger partial charge is 0.508 e. The van der Waals surface area contributed by atoms with Crippen LogP contribution in [0.2, 0.25) is 0 Å². The van der Waals surface area contributed by atoms with Crippen LogP contribution in [-0.2, 0) is 19.4 Å². The van der Waals surface area contributed by atoms with E-state index in [4.69, 9.17) is 4.98 Å². The molecule has 4 rings (SSSR count). The third-order valence-electron chi connectivity index (χ3n) is 5.22. The number of thioether (sulfide) groups is 1. The minimum absolute atomic E-state index is 0.0131. The molecule has 0 bridgehead atoms. The summed E-state index contributed by atoms with van der Waals surface area (Å²) in [6, 6.07) is 6.22. The first kappa shape index (κ1) is 19.2. The molecule has 1 aliphatic rings. The molecule has 28 heavy (non-hydrogen) atoms. The van der Waals surface area contributed by atoms with Crippen LogP contribution >= 0.6 is 23.1 Å². The molecule has 3 aromatic rings. The van der Waals surface area contributed by atoms with Gasteiger partial charge < -0.3 is 5.11 Å². The number of nitrogens with zero attached hydrogens (tertiary/aromatic N) is 2. The molecule has 2 aromatic heterocycles. The number of hydrogen-bond donors (Lipinski definition) is 1. The van der Waals surface area contributed by atoms with E-state index < -0.39 is 0 Å². The van der Waals surface area contributed by atoms with Gasteiger partial charge in [-0.3, -0.25) is 14.2 Å². The first-order valence-electron chi connectivity index (χ1n) is 9.48. The second-order valence-corrected chi connectivity index (χ2v) is 9.26. The maximum Gasteiger partial charge on any atom is 0.263 e. The lowest BCUT2D eigenvalue weighted by atomic mass is 9.89. The zero-order chi connectivity index (χ0) is 19.8. The number of aryl methyl sites for hydroxylation is 1. The third-order valence-corrected chi connectivity index (χ3v) is 7.34. The maximum absolute atomic E-state index is 13.2. The Balaban J connectivity index is 1.66. The molecule has 0 amide bonds. The smallest absolute Gasteiger partial charge is 0.263 e. The molecule has 1 aliphatic carbocycles. The Hall–Kier alpha value is -2.12. The van der Waals surface area contributed by atoms with Crippen molar-refractivity contribution in [2.24, 2.45) is 5.92 Å². The highest BCUT2D eigenvalue weighted by molar-refractivity contribution is 7.99. The number of carbonyl (C=O) groups excluding carboxylic acids is 1. The summed E-state index contributed by atoms with van der Waals surface area (Å²) in [5, 5.41) is 10.7. The molecule has 0 radical (unpaired) electrons. The highest BCUT2D eigenvalue weighted by Gasteiger charge is 2.24. The summed E-state index contributed by atoms with van der Waals surface area (Å²) >= 11 is 2.93. The van der Waals surface area contributed by atoms with E-state index in [1.54, 1.807) is 28.0 Å². The fourth-order valence-electron chi connectivity index (χ4n) is 3.65. The van der Waals surface area contributed by atoms with Crippen LogP contribution in [0.1, 0.15) is 41.1 Å². The average molecular weight is 415 g/mol. The van der Waals surface area contributed by atoms with Crippen molar-refractivity contribution in [3.8, 4) is 5.75 Å². The minimum atomic E-state index is -0.0544. The second kappa shape index (κ2) is 7.72. The minimum Gasteiger partial charge on any atom is -0.508 e. The van der Waals surface area contributed by atoms with Crippen LogP contribution < -0.4 is 5.56 Å². The van der Waals surface area contributed by atoms with Crippen LogP contribution in [0.4, 0.5) is 0 Å². The van der Waals surface area contributed by atoms with Crippen LogP contribution in [-0.4, -0.2) is 26.2 Å². The number of phenols is 1. The summed E-state index contributed by atoms with van der Waals surface area (Å²) in [6.45, 7) is 4.71. The molecule has 0 fully saturated rings. The molecule has 2 heterocycles. The number of phenolic OH excluding ortho intramolecular Hbond substituents is 1. The zero-order valence-electron chi connectivity index (χ0n) is 15.9. The van der Waals surface area contributed by atoms with Crippen LogP contribution in [0, 0.1) is 5.92 Å². The van der Waals surface area contributed by atoms with E-state index in [9.17, 15) is 14.7 Å². The van der Waals surface area contributed by atoms with Crippen molar-refractivity contribution >= 4 is 39.1 Å². The van der Waals surface area contributed by atoms with Gasteiger partial charge in [-0.1, -0.05) is 18.7 Å². The van der Waals surface area contributed by atoms with Crippen LogP contribution in [0.3, 0.4) is 0 Å². The Morgan fingerprint density at radius 2 is 2.11 bits per heavy atom. The van der Waals surface area contributed by atoms with Gasteiger partial charge in [-0.25, -0.2) is 4.98 Å². The summed E-state index contributed by atoms with van der Waals surface area (Å²) < 4.78 is 1.68. The second-order valence-electron chi connectivity index (χ2n) is 7.23. The number of aromatic nitrogens is 2. The number of hydrogen-bond acceptors (Lipinski definition) is 6. The van der Waals surface area contributed by atoms with Crippen LogP contribution in [0.5, 0.6) is 5.75 Å². The van der Waals surface area contributed by atoms with Crippen molar-refractivity contribution < 1.29 is 9.90 Å². The molecule has 0 aliphatic heterocycles. The van der Waals surface area contributed by atoms with Crippen molar-refractivity contribution in [3.05, 3.63) is 50.6 Å². The maximum atomic E-state index is 13.2. The number of carbonyl (C=O) groups is 1. The Bertz CT molecular complexity index is 1100. The summed E-state index contributed by atoms with van der Waals surface area (Å²) in [6.07, 6.45) is 3.08. The normalized spacial score (nSPS) is 16.3. The highest BCUT2D eigenvalue weighted by Crippen LogP contribution is 2.36. The molecule has 1 aromatic carbocycles. The lowest BCUT2D eigenvalue weighted by Gasteiger charge is -2.17. The van der Waals surface area contributed by atoms with Gasteiger partial charge in [-0.15, -0.1) is 11.3 Å². The number of fused-ring (bicyclic) bond motifs is 3. The van der Waals surface area contributed by atoms with E-state index in [0.717, 1.165) is 29.5 Å². The molecule has 0 saturated heterocycles. The van der Waals surface area contributed by atoms with E-state index in [1.807, 2.05) is 6.92 Å². The molecule has 7 heteroatoms. The standard InChI is InChI=1S/C21H22N2O3S2/c1-3-23-20(26)18-15-9-4-12(2)10-17(15)28-19(18)22-21(23)27-11-16(25)13-5-7-14(24)8-6-13/h5-8,12,24H,3-4,9-11H2,1-2H3/t12-/m0/s1. The fourth-order valence-corrected chi connectivity index (χ4v) is 6.04. The van der Waals surface area contributed by atoms with E-state index >= 15 is 0 Å². The van der Waals surface area contributed by atoms with Crippen LogP contribution in [0.25, 0.3) is 10.2 Å². The van der Waals surface area contributed by atoms with E-state index in [0.29, 0.717) is 23.2 Å². The van der Waals surface area contributed by atoms with Gasteiger partial charge >= 0.3 is 0 Å². The number of thiophene rings is 1. The third kappa shape index (κ3) is 3.49. The van der Waals surface area contributed by atoms with Crippen LogP contribution in [0.15, 0.2) is 34.2 Å². The number of benzene rings is 1. The predicted molar refractivity (Wildman–Crippen MR) is 114 cm³/mol. The van der Waals surface area contributed by atoms with Gasteiger partial charge in [-0.2, -0.15) is 0 Å². The fraction of sp³-hybridized carbons (Fsp3) is 0.381. The van der Waals surface area contributed by atoms with Gasteiger partial charge in [0.05, 0.1) is 11.1 Å². The summed E-state index contributed by atoms with van der Waals surface area (Å²) in [7, 11) is 0. The monoisotopic (exact) mass is 414 g/mol. The summed E-state index contributed by atoms with van der Waals surface area (Å²) in [5.74, 6) is 0.921. The van der Waals surface area contributed by atoms with Crippen molar-refractivity contribution in [2.45, 2.75) is 44.8 Å². The molecule has 146 valence electrons. The lowest BCUT2D eigenvalue weighted by molar-refractivity contribution is 0.102. The molecule has 0 spiro atoms. The average Bonchev–Trinajstić information content (AvgIpc) is 3.04. The van der Waals surface area contributed by atoms with Gasteiger partial charge in [0.2, 0.25) is 0 Å². The summed E-state index contributed by atoms with van der Waals surface area (Å²) in [5.41, 5.74) is 1.74. The van der Waals surface area contributed by atoms with Gasteiger partial charge in [0, 0.05) is 17.0 Å². The van der Waals surface area contributed by atoms with Crippen molar-refractivity contribution in [1.29, 1.82) is 0 Å². The van der Waals surface area contributed by atoms with Gasteiger partial charge in [0.15, 0.2) is 10.9 Å². The number of Topliss-reactive ketones (excluding diaryl/α,β-unsaturated/α-hetero) is 1. The molecular formula is C21H22N2O3S2. The molecule has 1 N–H and O–H groups in total. The Morgan fingerprint density at radius 3 is 2.82 bits per heavy atom. The summed E-state index contributed by atoms with van der Waals surface area (Å²) in [4.78, 5) is 32.5. The molecule has 0 unspecified atom stereocenters. The van der Waals surface area contributed by atoms with Gasteiger partial charge in [-0.05, 0) is 61.9 Å². The van der Waals surface area contributed by atoms with Gasteiger partial charge in [0.25, 0.3) is 5.56 Å². The van der Waals surface area contributed by atoms with E-state index in [2.05, 4.69) is 6.92 Å². The number of aromatic hydroxyl groups is 1. The molecular weight excluding hydrogens is 392 g/mol. The quantitative estimate of drug-likeness (QED) is 0.383. The topological polar surface area (TPSA) is 72.2 Å². The van der Waals surface area contributed by atoms with E-state index in [-0.39, 0.29) is 22.8 Å². The first-order chi connectivity index (χ1) is 13.5. The van der Waals surface area contributed by atoms with Crippen molar-refractivity contribution in [2.75, 3.05) is 5.75 Å². The number of ketones is 1.